The fourth-order valence-electron chi connectivity index (χ4n) is 2.09. The Morgan fingerprint density at radius 1 is 1.53 bits per heavy atom. The highest BCUT2D eigenvalue weighted by molar-refractivity contribution is 6.30. The molecule has 1 aliphatic carbocycles. The SMILES string of the molecule is CCN(C(=O)CNCc1ccc(F)c(Cl)c1)C1CC1. The molecule has 2 rings (SSSR count). The first-order valence-electron chi connectivity index (χ1n) is 6.56. The predicted molar refractivity (Wildman–Crippen MR) is 73.5 cm³/mol. The second-order valence-electron chi connectivity index (χ2n) is 4.76. The third-order valence-corrected chi connectivity index (χ3v) is 3.53. The molecule has 0 radical (unpaired) electrons. The van der Waals surface area contributed by atoms with Gasteiger partial charge in [-0.3, -0.25) is 4.79 Å². The normalized spacial score (nSPS) is 14.5. The average Bonchev–Trinajstić information content (AvgIpc) is 3.19. The summed E-state index contributed by atoms with van der Waals surface area (Å²) in [5.74, 6) is -0.300. The highest BCUT2D eigenvalue weighted by Gasteiger charge is 2.30. The van der Waals surface area contributed by atoms with Crippen LogP contribution in [-0.2, 0) is 11.3 Å². The molecule has 0 unspecified atom stereocenters. The summed E-state index contributed by atoms with van der Waals surface area (Å²) in [7, 11) is 0. The first kappa shape index (κ1) is 14.3. The minimum absolute atomic E-state index is 0.110. The smallest absolute Gasteiger partial charge is 0.236 e. The molecule has 0 saturated heterocycles. The molecule has 0 aliphatic heterocycles. The summed E-state index contributed by atoms with van der Waals surface area (Å²) in [6.07, 6.45) is 2.24. The van der Waals surface area contributed by atoms with Crippen LogP contribution in [0.4, 0.5) is 4.39 Å². The molecule has 1 aliphatic rings. The number of carbonyl (C=O) groups excluding carboxylic acids is 1. The first-order chi connectivity index (χ1) is 9.11. The maximum atomic E-state index is 13.0. The van der Waals surface area contributed by atoms with Crippen molar-refractivity contribution in [1.82, 2.24) is 10.2 Å². The number of hydrogen-bond donors (Lipinski definition) is 1. The van der Waals surface area contributed by atoms with Crippen LogP contribution in [0.2, 0.25) is 5.02 Å². The van der Waals surface area contributed by atoms with Crippen LogP contribution in [0.3, 0.4) is 0 Å². The highest BCUT2D eigenvalue weighted by Crippen LogP contribution is 2.26. The lowest BCUT2D eigenvalue weighted by molar-refractivity contribution is -0.130. The molecule has 0 atom stereocenters. The standard InChI is InChI=1S/C14H18ClFN2O/c1-2-18(11-4-5-11)14(19)9-17-8-10-3-6-13(16)12(15)7-10/h3,6-7,11,17H,2,4-5,8-9H2,1H3. The number of nitrogens with zero attached hydrogens (tertiary/aromatic N) is 1. The van der Waals surface area contributed by atoms with Gasteiger partial charge in [0.25, 0.3) is 0 Å². The van der Waals surface area contributed by atoms with Crippen molar-refractivity contribution in [2.45, 2.75) is 32.4 Å². The Morgan fingerprint density at radius 3 is 2.84 bits per heavy atom. The number of nitrogens with one attached hydrogen (secondary N) is 1. The first-order valence-corrected chi connectivity index (χ1v) is 6.93. The van der Waals surface area contributed by atoms with Crippen molar-refractivity contribution in [3.63, 3.8) is 0 Å². The van der Waals surface area contributed by atoms with Crippen LogP contribution >= 0.6 is 11.6 Å². The highest BCUT2D eigenvalue weighted by atomic mass is 35.5. The van der Waals surface area contributed by atoms with E-state index in [0.717, 1.165) is 24.9 Å². The summed E-state index contributed by atoms with van der Waals surface area (Å²) in [4.78, 5) is 13.9. The van der Waals surface area contributed by atoms with Crippen molar-refractivity contribution in [3.05, 3.63) is 34.6 Å². The Hall–Kier alpha value is -1.13. The molecule has 1 aromatic carbocycles. The number of hydrogen-bond acceptors (Lipinski definition) is 2. The average molecular weight is 285 g/mol. The minimum Gasteiger partial charge on any atom is -0.339 e. The van der Waals surface area contributed by atoms with E-state index in [1.807, 2.05) is 11.8 Å². The Balaban J connectivity index is 1.79. The van der Waals surface area contributed by atoms with Gasteiger partial charge in [0.15, 0.2) is 0 Å². The molecule has 3 nitrogen and oxygen atoms in total. The van der Waals surface area contributed by atoms with Gasteiger partial charge in [0.05, 0.1) is 11.6 Å². The third kappa shape index (κ3) is 3.91. The largest absolute Gasteiger partial charge is 0.339 e. The molecule has 104 valence electrons. The summed E-state index contributed by atoms with van der Waals surface area (Å²) in [6, 6.07) is 5.02. The van der Waals surface area contributed by atoms with Crippen molar-refractivity contribution in [2.24, 2.45) is 0 Å². The summed E-state index contributed by atoms with van der Waals surface area (Å²) < 4.78 is 13.0. The molecule has 1 saturated carbocycles. The third-order valence-electron chi connectivity index (χ3n) is 3.24. The van der Waals surface area contributed by atoms with Gasteiger partial charge in [0, 0.05) is 19.1 Å². The minimum atomic E-state index is -0.424. The van der Waals surface area contributed by atoms with Gasteiger partial charge in [0.2, 0.25) is 5.91 Å². The monoisotopic (exact) mass is 284 g/mol. The van der Waals surface area contributed by atoms with Crippen LogP contribution in [0.1, 0.15) is 25.3 Å². The molecule has 5 heteroatoms. The van der Waals surface area contributed by atoms with Crippen molar-refractivity contribution in [2.75, 3.05) is 13.1 Å². The van der Waals surface area contributed by atoms with E-state index in [-0.39, 0.29) is 10.9 Å². The van der Waals surface area contributed by atoms with E-state index in [0.29, 0.717) is 19.1 Å². The summed E-state index contributed by atoms with van der Waals surface area (Å²) >= 11 is 5.70. The van der Waals surface area contributed by atoms with E-state index < -0.39 is 5.82 Å². The van der Waals surface area contributed by atoms with Gasteiger partial charge in [-0.25, -0.2) is 4.39 Å². The molecule has 19 heavy (non-hydrogen) atoms. The number of amides is 1. The van der Waals surface area contributed by atoms with Gasteiger partial charge < -0.3 is 10.2 Å². The van der Waals surface area contributed by atoms with Crippen LogP contribution in [-0.4, -0.2) is 29.9 Å². The number of rotatable bonds is 6. The van der Waals surface area contributed by atoms with Gasteiger partial charge in [0.1, 0.15) is 5.82 Å². The molecule has 0 bridgehead atoms. The zero-order valence-electron chi connectivity index (χ0n) is 11.0. The van der Waals surface area contributed by atoms with Crippen LogP contribution in [0.15, 0.2) is 18.2 Å². The fourth-order valence-corrected chi connectivity index (χ4v) is 2.29. The Kier molecular flexibility index (Phi) is 4.77. The van der Waals surface area contributed by atoms with Crippen LogP contribution in [0, 0.1) is 5.82 Å². The maximum Gasteiger partial charge on any atom is 0.236 e. The molecule has 1 fully saturated rings. The van der Waals surface area contributed by atoms with Crippen molar-refractivity contribution < 1.29 is 9.18 Å². The Bertz CT molecular complexity index is 463. The number of benzene rings is 1. The zero-order chi connectivity index (χ0) is 13.8. The Labute approximate surface area is 117 Å². The maximum absolute atomic E-state index is 13.0. The van der Waals surface area contributed by atoms with Gasteiger partial charge in [-0.15, -0.1) is 0 Å². The summed E-state index contributed by atoms with van der Waals surface area (Å²) in [6.45, 7) is 3.57. The van der Waals surface area contributed by atoms with Gasteiger partial charge in [-0.2, -0.15) is 0 Å². The van der Waals surface area contributed by atoms with E-state index in [1.54, 1.807) is 12.1 Å². The van der Waals surface area contributed by atoms with E-state index in [2.05, 4.69) is 5.32 Å². The molecule has 1 amide bonds. The fraction of sp³-hybridized carbons (Fsp3) is 0.500. The van der Waals surface area contributed by atoms with Gasteiger partial charge in [-0.05, 0) is 37.5 Å². The quantitative estimate of drug-likeness (QED) is 0.871. The van der Waals surface area contributed by atoms with E-state index in [1.165, 1.54) is 6.07 Å². The second-order valence-corrected chi connectivity index (χ2v) is 5.17. The molecule has 1 aromatic rings. The number of carbonyl (C=O) groups is 1. The molecule has 0 heterocycles. The molecular weight excluding hydrogens is 267 g/mol. The van der Waals surface area contributed by atoms with E-state index in [4.69, 9.17) is 11.6 Å². The molecule has 0 spiro atoms. The molecule has 1 N–H and O–H groups in total. The van der Waals surface area contributed by atoms with Gasteiger partial charge in [-0.1, -0.05) is 17.7 Å². The van der Waals surface area contributed by atoms with Crippen LogP contribution < -0.4 is 5.32 Å². The predicted octanol–water partition coefficient (Wildman–Crippen LogP) is 2.58. The zero-order valence-corrected chi connectivity index (χ0v) is 11.7. The summed E-state index contributed by atoms with van der Waals surface area (Å²) in [5, 5.41) is 3.18. The lowest BCUT2D eigenvalue weighted by Crippen LogP contribution is -2.39. The van der Waals surface area contributed by atoms with Gasteiger partial charge >= 0.3 is 0 Å². The Morgan fingerprint density at radius 2 is 2.26 bits per heavy atom. The second kappa shape index (κ2) is 6.35. The summed E-state index contributed by atoms with van der Waals surface area (Å²) in [5.41, 5.74) is 0.869. The lowest BCUT2D eigenvalue weighted by atomic mass is 10.2. The van der Waals surface area contributed by atoms with E-state index in [9.17, 15) is 9.18 Å². The van der Waals surface area contributed by atoms with Crippen molar-refractivity contribution in [1.29, 1.82) is 0 Å². The molecular formula is C14H18ClFN2O. The van der Waals surface area contributed by atoms with Crippen LogP contribution in [0.25, 0.3) is 0 Å². The topological polar surface area (TPSA) is 32.3 Å². The molecule has 0 aromatic heterocycles. The lowest BCUT2D eigenvalue weighted by Gasteiger charge is -2.20. The van der Waals surface area contributed by atoms with E-state index >= 15 is 0 Å². The number of likely N-dealkylation sites (N-methyl/N-ethyl adjacent to an activating group) is 1. The number of halogens is 2. The van der Waals surface area contributed by atoms with Crippen molar-refractivity contribution in [3.8, 4) is 0 Å². The van der Waals surface area contributed by atoms with Crippen LogP contribution in [0.5, 0.6) is 0 Å². The van der Waals surface area contributed by atoms with Crippen molar-refractivity contribution >= 4 is 17.5 Å².